The first-order valence-electron chi connectivity index (χ1n) is 8.55. The van der Waals surface area contributed by atoms with Crippen LogP contribution < -0.4 is 0 Å². The van der Waals surface area contributed by atoms with Gasteiger partial charge < -0.3 is 9.63 Å². The number of nitrogens with zero attached hydrogens (tertiary/aromatic N) is 2. The van der Waals surface area contributed by atoms with Crippen LogP contribution in [0.25, 0.3) is 0 Å². The summed E-state index contributed by atoms with van der Waals surface area (Å²) in [6, 6.07) is 0. The first-order chi connectivity index (χ1) is 10.0. The van der Waals surface area contributed by atoms with E-state index in [9.17, 15) is 5.11 Å². The van der Waals surface area contributed by atoms with E-state index in [2.05, 4.69) is 10.1 Å². The zero-order valence-electron chi connectivity index (χ0n) is 13.1. The molecular formula is C17H26N2O2. The molecule has 4 fully saturated rings. The van der Waals surface area contributed by atoms with Gasteiger partial charge in [0, 0.05) is 5.41 Å². The van der Waals surface area contributed by atoms with Crippen molar-refractivity contribution >= 4 is 0 Å². The molecule has 4 nitrogen and oxygen atoms in total. The van der Waals surface area contributed by atoms with E-state index in [1.54, 1.807) is 0 Å². The summed E-state index contributed by atoms with van der Waals surface area (Å²) < 4.78 is 5.45. The molecule has 5 rings (SSSR count). The minimum absolute atomic E-state index is 0.194. The molecule has 1 N–H and O–H groups in total. The molecule has 0 saturated heterocycles. The molecule has 21 heavy (non-hydrogen) atoms. The van der Waals surface area contributed by atoms with Crippen molar-refractivity contribution in [3.63, 3.8) is 0 Å². The predicted octanol–water partition coefficient (Wildman–Crippen LogP) is 3.10. The van der Waals surface area contributed by atoms with E-state index in [0.717, 1.165) is 23.6 Å². The quantitative estimate of drug-likeness (QED) is 0.925. The van der Waals surface area contributed by atoms with Crippen molar-refractivity contribution in [2.45, 2.75) is 70.3 Å². The Kier molecular flexibility index (Phi) is 3.14. The summed E-state index contributed by atoms with van der Waals surface area (Å²) in [6.07, 6.45) is 8.13. The van der Waals surface area contributed by atoms with Crippen molar-refractivity contribution in [2.75, 3.05) is 0 Å². The highest BCUT2D eigenvalue weighted by Gasteiger charge is 2.53. The smallest absolute Gasteiger partial charge is 0.229 e. The molecule has 1 aromatic rings. The second-order valence-electron chi connectivity index (χ2n) is 8.23. The maximum atomic E-state index is 10.00. The number of aromatic nitrogens is 2. The molecule has 4 aliphatic rings. The highest BCUT2D eigenvalue weighted by Crippen LogP contribution is 2.60. The lowest BCUT2D eigenvalue weighted by Crippen LogP contribution is -2.49. The zero-order chi connectivity index (χ0) is 14.6. The van der Waals surface area contributed by atoms with E-state index in [1.165, 1.54) is 38.5 Å². The highest BCUT2D eigenvalue weighted by molar-refractivity contribution is 5.16. The van der Waals surface area contributed by atoms with E-state index in [-0.39, 0.29) is 11.3 Å². The molecule has 1 heterocycles. The zero-order valence-corrected chi connectivity index (χ0v) is 13.1. The minimum atomic E-state index is -0.394. The molecule has 4 bridgehead atoms. The molecule has 0 aromatic carbocycles. The fourth-order valence-corrected chi connectivity index (χ4v) is 5.35. The molecule has 0 radical (unpaired) electrons. The van der Waals surface area contributed by atoms with Gasteiger partial charge in [0.05, 0.1) is 12.5 Å². The highest BCUT2D eigenvalue weighted by atomic mass is 16.5. The van der Waals surface area contributed by atoms with Gasteiger partial charge in [0.1, 0.15) is 0 Å². The normalized spacial score (nSPS) is 39.1. The molecule has 4 aliphatic carbocycles. The Morgan fingerprint density at radius 1 is 1.14 bits per heavy atom. The van der Waals surface area contributed by atoms with E-state index in [1.807, 2.05) is 13.8 Å². The summed E-state index contributed by atoms with van der Waals surface area (Å²) in [7, 11) is 0. The maximum absolute atomic E-state index is 10.00. The van der Waals surface area contributed by atoms with Gasteiger partial charge in [-0.25, -0.2) is 0 Å². The molecule has 4 saturated carbocycles. The van der Waals surface area contributed by atoms with Crippen LogP contribution in [0.15, 0.2) is 4.52 Å². The average molecular weight is 290 g/mol. The molecule has 1 atom stereocenters. The van der Waals surface area contributed by atoms with Crippen molar-refractivity contribution < 1.29 is 9.63 Å². The molecule has 1 unspecified atom stereocenters. The third-order valence-corrected chi connectivity index (χ3v) is 6.13. The SMILES string of the molecule is CC(C)C(O)Cc1nc(C23CC4CC(CC(C4)C2)C3)no1. The summed E-state index contributed by atoms with van der Waals surface area (Å²) >= 11 is 0. The van der Waals surface area contributed by atoms with Crippen LogP contribution >= 0.6 is 0 Å². The van der Waals surface area contributed by atoms with Crippen LogP contribution in [-0.4, -0.2) is 21.4 Å². The molecule has 116 valence electrons. The van der Waals surface area contributed by atoms with E-state index in [0.29, 0.717) is 12.3 Å². The fraction of sp³-hybridized carbons (Fsp3) is 0.882. The number of aliphatic hydroxyl groups is 1. The van der Waals surface area contributed by atoms with E-state index >= 15 is 0 Å². The van der Waals surface area contributed by atoms with Crippen LogP contribution in [0.5, 0.6) is 0 Å². The van der Waals surface area contributed by atoms with Crippen molar-refractivity contribution in [3.05, 3.63) is 11.7 Å². The van der Waals surface area contributed by atoms with E-state index in [4.69, 9.17) is 4.52 Å². The fourth-order valence-electron chi connectivity index (χ4n) is 5.35. The van der Waals surface area contributed by atoms with Gasteiger partial charge in [0.15, 0.2) is 5.82 Å². The summed E-state index contributed by atoms with van der Waals surface area (Å²) in [5.41, 5.74) is 0.194. The molecule has 0 spiro atoms. The predicted molar refractivity (Wildman–Crippen MR) is 78.7 cm³/mol. The summed E-state index contributed by atoms with van der Waals surface area (Å²) in [5.74, 6) is 4.44. The first-order valence-corrected chi connectivity index (χ1v) is 8.55. The van der Waals surface area contributed by atoms with Gasteiger partial charge >= 0.3 is 0 Å². The third kappa shape index (κ3) is 2.32. The Morgan fingerprint density at radius 2 is 1.71 bits per heavy atom. The lowest BCUT2D eigenvalue weighted by molar-refractivity contribution is -0.0103. The maximum Gasteiger partial charge on any atom is 0.229 e. The molecule has 4 heteroatoms. The van der Waals surface area contributed by atoms with Crippen molar-refractivity contribution in [1.29, 1.82) is 0 Å². The van der Waals surface area contributed by atoms with Crippen molar-refractivity contribution in [3.8, 4) is 0 Å². The van der Waals surface area contributed by atoms with Gasteiger partial charge in [-0.1, -0.05) is 19.0 Å². The Labute approximate surface area is 126 Å². The minimum Gasteiger partial charge on any atom is -0.392 e. The second kappa shape index (κ2) is 4.80. The largest absolute Gasteiger partial charge is 0.392 e. The van der Waals surface area contributed by atoms with Gasteiger partial charge in [-0.2, -0.15) is 4.98 Å². The lowest BCUT2D eigenvalue weighted by Gasteiger charge is -2.55. The molecule has 1 aromatic heterocycles. The van der Waals surface area contributed by atoms with Crippen LogP contribution in [0.4, 0.5) is 0 Å². The molecular weight excluding hydrogens is 264 g/mol. The first kappa shape index (κ1) is 13.7. The van der Waals surface area contributed by atoms with Crippen molar-refractivity contribution in [2.24, 2.45) is 23.7 Å². The number of rotatable bonds is 4. The van der Waals surface area contributed by atoms with Gasteiger partial charge in [-0.15, -0.1) is 0 Å². The van der Waals surface area contributed by atoms with Gasteiger partial charge in [0.25, 0.3) is 0 Å². The Balaban J connectivity index is 1.55. The van der Waals surface area contributed by atoms with Crippen LogP contribution in [0.3, 0.4) is 0 Å². The number of hydrogen-bond donors (Lipinski definition) is 1. The van der Waals surface area contributed by atoms with Crippen LogP contribution in [0.1, 0.15) is 64.1 Å². The number of aliphatic hydroxyl groups excluding tert-OH is 1. The van der Waals surface area contributed by atoms with E-state index < -0.39 is 6.10 Å². The van der Waals surface area contributed by atoms with Gasteiger partial charge in [0.2, 0.25) is 5.89 Å². The third-order valence-electron chi connectivity index (χ3n) is 6.13. The summed E-state index contributed by atoms with van der Waals surface area (Å²) in [4.78, 5) is 4.68. The van der Waals surface area contributed by atoms with Crippen LogP contribution in [-0.2, 0) is 11.8 Å². The summed E-state index contributed by atoms with van der Waals surface area (Å²) in [6.45, 7) is 4.03. The van der Waals surface area contributed by atoms with Gasteiger partial charge in [-0.3, -0.25) is 0 Å². The monoisotopic (exact) mass is 290 g/mol. The number of hydrogen-bond acceptors (Lipinski definition) is 4. The lowest BCUT2D eigenvalue weighted by atomic mass is 9.49. The second-order valence-corrected chi connectivity index (χ2v) is 8.23. The standard InChI is InChI=1S/C17H26N2O2/c1-10(2)14(20)6-15-18-16(19-21-15)17-7-11-3-12(8-17)5-13(4-11)9-17/h10-14,20H,3-9H2,1-2H3. The Hall–Kier alpha value is -0.900. The molecule has 0 aliphatic heterocycles. The van der Waals surface area contributed by atoms with Crippen LogP contribution in [0, 0.1) is 23.7 Å². The van der Waals surface area contributed by atoms with Crippen molar-refractivity contribution in [1.82, 2.24) is 10.1 Å². The Morgan fingerprint density at radius 3 is 2.24 bits per heavy atom. The topological polar surface area (TPSA) is 59.2 Å². The summed E-state index contributed by atoms with van der Waals surface area (Å²) in [5, 5.41) is 14.3. The average Bonchev–Trinajstić information content (AvgIpc) is 2.86. The van der Waals surface area contributed by atoms with Gasteiger partial charge in [-0.05, 0) is 62.2 Å². The van der Waals surface area contributed by atoms with Crippen LogP contribution in [0.2, 0.25) is 0 Å². The Bertz CT molecular complexity index is 487. The molecule has 0 amide bonds.